The van der Waals surface area contributed by atoms with E-state index in [1.807, 2.05) is 37.4 Å². The molecule has 0 spiro atoms. The third kappa shape index (κ3) is 7.22. The number of carbonyl (C=O) groups excluding carboxylic acids is 2. The van der Waals surface area contributed by atoms with E-state index in [4.69, 9.17) is 14.2 Å². The number of thioether (sulfide) groups is 1. The summed E-state index contributed by atoms with van der Waals surface area (Å²) in [7, 11) is 4.66. The van der Waals surface area contributed by atoms with Crippen LogP contribution in [0.1, 0.15) is 42.6 Å². The van der Waals surface area contributed by atoms with E-state index >= 15 is 0 Å². The maximum Gasteiger partial charge on any atom is 0.248 e. The van der Waals surface area contributed by atoms with E-state index in [9.17, 15) is 14.4 Å². The van der Waals surface area contributed by atoms with Gasteiger partial charge in [0.2, 0.25) is 23.0 Å². The third-order valence-corrected chi connectivity index (χ3v) is 7.96. The molecule has 11 heteroatoms. The number of fused-ring (bicyclic) bond motifs is 3. The second-order valence-corrected chi connectivity index (χ2v) is 11.2. The molecule has 3 aromatic rings. The zero-order valence-electron chi connectivity index (χ0n) is 25.3. The van der Waals surface area contributed by atoms with Crippen molar-refractivity contribution in [3.8, 4) is 28.4 Å². The Labute approximate surface area is 255 Å². The average molecular weight is 607 g/mol. The highest BCUT2D eigenvalue weighted by atomic mass is 32.2. The van der Waals surface area contributed by atoms with Crippen LogP contribution in [0.3, 0.4) is 0 Å². The van der Waals surface area contributed by atoms with Crippen LogP contribution in [-0.4, -0.2) is 56.2 Å². The number of anilines is 2. The summed E-state index contributed by atoms with van der Waals surface area (Å²) >= 11 is 1.61. The summed E-state index contributed by atoms with van der Waals surface area (Å²) < 4.78 is 17.1. The van der Waals surface area contributed by atoms with Gasteiger partial charge in [0.1, 0.15) is 11.9 Å². The number of aromatic nitrogens is 1. The summed E-state index contributed by atoms with van der Waals surface area (Å²) in [5.41, 5.74) is 3.77. The molecule has 43 heavy (non-hydrogen) atoms. The van der Waals surface area contributed by atoms with E-state index in [1.165, 1.54) is 13.0 Å². The molecule has 2 unspecified atom stereocenters. The Bertz CT molecular complexity index is 1560. The van der Waals surface area contributed by atoms with Crippen LogP contribution >= 0.6 is 11.8 Å². The number of nitrogens with zero attached hydrogens (tertiary/aromatic N) is 1. The molecule has 2 amide bonds. The first-order valence-electron chi connectivity index (χ1n) is 14.0. The normalized spacial score (nSPS) is 14.3. The standard InChI is InChI=1S/C32H38N4O6S/c1-18-8-7-9-28(33-18)36-32(39)25(14-15-43-6)35-24-13-11-21-22(17-26(24)38)23(34-19(2)37)12-10-20-16-27(40-3)30(41-4)31(42-5)29(20)21/h7-9,11,13,16-17,23,25H,10,12,14-15H2,1-6H3,(H,34,37)(H,35,38)(H,33,36,39). The van der Waals surface area contributed by atoms with Gasteiger partial charge < -0.3 is 30.2 Å². The number of methoxy groups -OCH3 is 3. The highest BCUT2D eigenvalue weighted by molar-refractivity contribution is 7.98. The van der Waals surface area contributed by atoms with Crippen LogP contribution < -0.4 is 35.6 Å². The van der Waals surface area contributed by atoms with E-state index in [2.05, 4.69) is 20.9 Å². The van der Waals surface area contributed by atoms with Crippen molar-refractivity contribution in [3.05, 3.63) is 69.5 Å². The van der Waals surface area contributed by atoms with Crippen LogP contribution in [0.5, 0.6) is 17.2 Å². The number of rotatable bonds is 11. The maximum absolute atomic E-state index is 13.8. The summed E-state index contributed by atoms with van der Waals surface area (Å²) in [6.07, 6.45) is 3.59. The van der Waals surface area contributed by atoms with Crippen LogP contribution in [0.2, 0.25) is 0 Å². The van der Waals surface area contributed by atoms with Crippen molar-refractivity contribution in [2.24, 2.45) is 0 Å². The molecule has 1 aliphatic carbocycles. The number of hydrogen-bond acceptors (Lipinski definition) is 9. The fourth-order valence-corrected chi connectivity index (χ4v) is 5.82. The number of ether oxygens (including phenoxy) is 3. The van der Waals surface area contributed by atoms with Crippen molar-refractivity contribution in [2.75, 3.05) is 44.0 Å². The van der Waals surface area contributed by atoms with Gasteiger partial charge in [-0.1, -0.05) is 12.1 Å². The number of hydrogen-bond donors (Lipinski definition) is 3. The van der Waals surface area contributed by atoms with E-state index < -0.39 is 12.1 Å². The van der Waals surface area contributed by atoms with Crippen LogP contribution in [-0.2, 0) is 16.0 Å². The molecular formula is C32H38N4O6S. The highest BCUT2D eigenvalue weighted by Crippen LogP contribution is 2.50. The first-order valence-corrected chi connectivity index (χ1v) is 15.4. The number of benzene rings is 1. The molecule has 3 N–H and O–H groups in total. The van der Waals surface area contributed by atoms with Gasteiger partial charge in [0, 0.05) is 18.2 Å². The molecule has 1 heterocycles. The fourth-order valence-electron chi connectivity index (χ4n) is 5.35. The first-order chi connectivity index (χ1) is 20.7. The van der Waals surface area contributed by atoms with Crippen molar-refractivity contribution in [1.29, 1.82) is 0 Å². The molecule has 0 bridgehead atoms. The predicted octanol–water partition coefficient (Wildman–Crippen LogP) is 4.74. The predicted molar refractivity (Wildman–Crippen MR) is 171 cm³/mol. The van der Waals surface area contributed by atoms with Gasteiger partial charge >= 0.3 is 0 Å². The van der Waals surface area contributed by atoms with Gasteiger partial charge in [0.25, 0.3) is 0 Å². The van der Waals surface area contributed by atoms with Crippen molar-refractivity contribution in [2.45, 2.75) is 45.2 Å². The quantitative estimate of drug-likeness (QED) is 0.284. The Hall–Kier alpha value is -4.25. The Morgan fingerprint density at radius 1 is 1.07 bits per heavy atom. The topological polar surface area (TPSA) is 128 Å². The number of carbonyl (C=O) groups is 2. The Morgan fingerprint density at radius 2 is 1.84 bits per heavy atom. The minimum absolute atomic E-state index is 0.208. The molecular weight excluding hydrogens is 568 g/mol. The maximum atomic E-state index is 13.8. The Morgan fingerprint density at radius 3 is 2.49 bits per heavy atom. The second kappa shape index (κ2) is 14.3. The highest BCUT2D eigenvalue weighted by Gasteiger charge is 2.30. The summed E-state index contributed by atoms with van der Waals surface area (Å²) in [6.45, 7) is 3.31. The van der Waals surface area contributed by atoms with Crippen LogP contribution in [0.4, 0.5) is 11.5 Å². The van der Waals surface area contributed by atoms with Crippen molar-refractivity contribution < 1.29 is 23.8 Å². The van der Waals surface area contributed by atoms with Crippen LogP contribution in [0.15, 0.2) is 47.3 Å². The van der Waals surface area contributed by atoms with E-state index in [0.717, 1.165) is 16.8 Å². The molecule has 0 saturated heterocycles. The lowest BCUT2D eigenvalue weighted by Gasteiger charge is -2.19. The van der Waals surface area contributed by atoms with Crippen molar-refractivity contribution in [3.63, 3.8) is 0 Å². The molecule has 0 fully saturated rings. The number of pyridine rings is 1. The molecule has 0 radical (unpaired) electrons. The largest absolute Gasteiger partial charge is 0.493 e. The molecule has 0 saturated carbocycles. The lowest BCUT2D eigenvalue weighted by atomic mass is 9.95. The molecule has 0 aliphatic heterocycles. The minimum Gasteiger partial charge on any atom is -0.493 e. The van der Waals surface area contributed by atoms with Gasteiger partial charge in [0.05, 0.1) is 33.1 Å². The van der Waals surface area contributed by atoms with Gasteiger partial charge in [-0.3, -0.25) is 14.4 Å². The van der Waals surface area contributed by atoms with Gasteiger partial charge in [-0.25, -0.2) is 4.98 Å². The zero-order chi connectivity index (χ0) is 31.1. The van der Waals surface area contributed by atoms with Crippen LogP contribution in [0.25, 0.3) is 11.1 Å². The van der Waals surface area contributed by atoms with Gasteiger partial charge in [-0.2, -0.15) is 11.8 Å². The number of amides is 2. The lowest BCUT2D eigenvalue weighted by molar-refractivity contribution is -0.120. The summed E-state index contributed by atoms with van der Waals surface area (Å²) in [4.78, 5) is 43.7. The molecule has 228 valence electrons. The minimum atomic E-state index is -0.693. The summed E-state index contributed by atoms with van der Waals surface area (Å²) in [6, 6.07) is 11.2. The SMILES string of the molecule is COc1cc2c(c(OC)c1OC)-c1ccc(NC(CCSC)C(=O)Nc3cccc(C)n3)c(=O)cc1C(NC(C)=O)CC2. The molecule has 10 nitrogen and oxygen atoms in total. The molecule has 2 atom stereocenters. The van der Waals surface area contributed by atoms with Crippen LogP contribution in [0, 0.1) is 6.92 Å². The Balaban J connectivity index is 1.84. The lowest BCUT2D eigenvalue weighted by Crippen LogP contribution is -2.36. The number of aryl methyl sites for hydroxylation is 2. The fraction of sp³-hybridized carbons (Fsp3) is 0.375. The number of nitrogens with one attached hydrogen (secondary N) is 3. The van der Waals surface area contributed by atoms with Gasteiger partial charge in [-0.05, 0) is 85.2 Å². The molecule has 4 rings (SSSR count). The Kier molecular flexibility index (Phi) is 10.5. The average Bonchev–Trinajstić information content (AvgIpc) is 3.22. The van der Waals surface area contributed by atoms with Gasteiger partial charge in [0.15, 0.2) is 11.5 Å². The summed E-state index contributed by atoms with van der Waals surface area (Å²) in [5.74, 6) is 2.07. The zero-order valence-corrected chi connectivity index (χ0v) is 26.1. The van der Waals surface area contributed by atoms with E-state index in [-0.39, 0.29) is 22.9 Å². The summed E-state index contributed by atoms with van der Waals surface area (Å²) in [5, 5.41) is 9.08. The monoisotopic (exact) mass is 606 g/mol. The molecule has 1 aliphatic rings. The van der Waals surface area contributed by atoms with Crippen molar-refractivity contribution >= 4 is 35.1 Å². The molecule has 2 aromatic carbocycles. The molecule has 1 aromatic heterocycles. The van der Waals surface area contributed by atoms with Gasteiger partial charge in [-0.15, -0.1) is 0 Å². The van der Waals surface area contributed by atoms with E-state index in [1.54, 1.807) is 45.2 Å². The third-order valence-electron chi connectivity index (χ3n) is 7.31. The smallest absolute Gasteiger partial charge is 0.248 e. The van der Waals surface area contributed by atoms with Crippen molar-refractivity contribution in [1.82, 2.24) is 10.3 Å². The van der Waals surface area contributed by atoms with E-state index in [0.29, 0.717) is 59.2 Å². The first kappa shape index (κ1) is 31.7. The second-order valence-electron chi connectivity index (χ2n) is 10.2.